The Labute approximate surface area is 135 Å². The molecule has 7 heteroatoms. The molecule has 3 rings (SSSR count). The lowest BCUT2D eigenvalue weighted by molar-refractivity contribution is -0.139. The number of hydrogen-bond acceptors (Lipinski definition) is 5. The Morgan fingerprint density at radius 2 is 2.30 bits per heavy atom. The second-order valence-electron chi connectivity index (χ2n) is 5.67. The Balaban J connectivity index is 1.51. The summed E-state index contributed by atoms with van der Waals surface area (Å²) in [6.45, 7) is 4.11. The number of imidazole rings is 1. The van der Waals surface area contributed by atoms with Gasteiger partial charge in [-0.3, -0.25) is 4.79 Å². The SMILES string of the molecule is Cc1nccn1CC(=O)N1CCOC(CCc2ccncn2)C1. The Morgan fingerprint density at radius 3 is 3.04 bits per heavy atom. The van der Waals surface area contributed by atoms with Crippen molar-refractivity contribution in [3.05, 3.63) is 42.5 Å². The van der Waals surface area contributed by atoms with E-state index >= 15 is 0 Å². The van der Waals surface area contributed by atoms with E-state index in [9.17, 15) is 4.79 Å². The smallest absolute Gasteiger partial charge is 0.242 e. The van der Waals surface area contributed by atoms with E-state index in [-0.39, 0.29) is 12.0 Å². The van der Waals surface area contributed by atoms with Crippen LogP contribution < -0.4 is 0 Å². The van der Waals surface area contributed by atoms with E-state index in [1.165, 1.54) is 0 Å². The number of carbonyl (C=O) groups is 1. The molecule has 1 atom stereocenters. The summed E-state index contributed by atoms with van der Waals surface area (Å²) < 4.78 is 7.65. The van der Waals surface area contributed by atoms with Crippen molar-refractivity contribution in [2.75, 3.05) is 19.7 Å². The second-order valence-corrected chi connectivity index (χ2v) is 5.67. The fraction of sp³-hybridized carbons (Fsp3) is 0.500. The van der Waals surface area contributed by atoms with Crippen LogP contribution in [0.15, 0.2) is 31.0 Å². The van der Waals surface area contributed by atoms with Crippen molar-refractivity contribution in [1.29, 1.82) is 0 Å². The maximum Gasteiger partial charge on any atom is 0.242 e. The standard InChI is InChI=1S/C16H21N5O2/c1-13-18-6-7-20(13)11-16(22)21-8-9-23-15(10-21)3-2-14-4-5-17-12-19-14/h4-7,12,15H,2-3,8-11H2,1H3. The number of aryl methyl sites for hydroxylation is 2. The third kappa shape index (κ3) is 4.13. The van der Waals surface area contributed by atoms with Crippen molar-refractivity contribution in [1.82, 2.24) is 24.4 Å². The van der Waals surface area contributed by atoms with E-state index in [1.54, 1.807) is 18.7 Å². The second kappa shape index (κ2) is 7.32. The van der Waals surface area contributed by atoms with Crippen LogP contribution in [0.3, 0.4) is 0 Å². The highest BCUT2D eigenvalue weighted by Crippen LogP contribution is 2.12. The third-order valence-electron chi connectivity index (χ3n) is 4.09. The molecule has 0 aliphatic carbocycles. The van der Waals surface area contributed by atoms with Gasteiger partial charge in [0.05, 0.1) is 12.7 Å². The summed E-state index contributed by atoms with van der Waals surface area (Å²) in [7, 11) is 0. The molecule has 0 radical (unpaired) electrons. The Bertz CT molecular complexity index is 643. The molecule has 1 unspecified atom stereocenters. The van der Waals surface area contributed by atoms with Crippen LogP contribution in [-0.2, 0) is 22.5 Å². The van der Waals surface area contributed by atoms with Gasteiger partial charge < -0.3 is 14.2 Å². The molecule has 0 saturated carbocycles. The van der Waals surface area contributed by atoms with Crippen LogP contribution in [-0.4, -0.2) is 56.1 Å². The zero-order chi connectivity index (χ0) is 16.1. The number of rotatable bonds is 5. The van der Waals surface area contributed by atoms with Crippen LogP contribution in [0.5, 0.6) is 0 Å². The molecule has 0 spiro atoms. The average Bonchev–Trinajstić information content (AvgIpc) is 2.99. The van der Waals surface area contributed by atoms with Crippen molar-refractivity contribution in [3.8, 4) is 0 Å². The summed E-state index contributed by atoms with van der Waals surface area (Å²) in [5.41, 5.74) is 1.00. The summed E-state index contributed by atoms with van der Waals surface area (Å²) in [5.74, 6) is 0.966. The highest BCUT2D eigenvalue weighted by atomic mass is 16.5. The average molecular weight is 315 g/mol. The highest BCUT2D eigenvalue weighted by Gasteiger charge is 2.24. The topological polar surface area (TPSA) is 73.1 Å². The van der Waals surface area contributed by atoms with E-state index in [2.05, 4.69) is 15.0 Å². The molecule has 3 heterocycles. The van der Waals surface area contributed by atoms with Gasteiger partial charge in [-0.05, 0) is 25.8 Å². The van der Waals surface area contributed by atoms with E-state index in [4.69, 9.17) is 4.74 Å². The van der Waals surface area contributed by atoms with Crippen LogP contribution >= 0.6 is 0 Å². The normalized spacial score (nSPS) is 18.1. The summed E-state index contributed by atoms with van der Waals surface area (Å²) in [6, 6.07) is 1.91. The van der Waals surface area contributed by atoms with Gasteiger partial charge in [-0.1, -0.05) is 0 Å². The van der Waals surface area contributed by atoms with Crippen LogP contribution in [0.25, 0.3) is 0 Å². The Morgan fingerprint density at radius 1 is 1.39 bits per heavy atom. The van der Waals surface area contributed by atoms with Crippen molar-refractivity contribution < 1.29 is 9.53 Å². The molecule has 1 aliphatic rings. The van der Waals surface area contributed by atoms with Gasteiger partial charge >= 0.3 is 0 Å². The molecule has 7 nitrogen and oxygen atoms in total. The quantitative estimate of drug-likeness (QED) is 0.817. The first kappa shape index (κ1) is 15.6. The first-order valence-electron chi connectivity index (χ1n) is 7.84. The molecule has 2 aromatic rings. The van der Waals surface area contributed by atoms with Gasteiger partial charge in [0.1, 0.15) is 18.7 Å². The van der Waals surface area contributed by atoms with Gasteiger partial charge in [0.25, 0.3) is 0 Å². The lowest BCUT2D eigenvalue weighted by Crippen LogP contribution is -2.46. The van der Waals surface area contributed by atoms with Gasteiger partial charge in [0.2, 0.25) is 5.91 Å². The first-order chi connectivity index (χ1) is 11.2. The number of morpholine rings is 1. The van der Waals surface area contributed by atoms with Gasteiger partial charge in [-0.2, -0.15) is 0 Å². The minimum atomic E-state index is 0.0616. The molecule has 1 aliphatic heterocycles. The summed E-state index contributed by atoms with van der Waals surface area (Å²) in [5, 5.41) is 0. The molecule has 0 aromatic carbocycles. The number of amides is 1. The molecule has 122 valence electrons. The van der Waals surface area contributed by atoms with E-state index in [1.807, 2.05) is 28.7 Å². The van der Waals surface area contributed by atoms with Crippen LogP contribution in [0.1, 0.15) is 17.9 Å². The van der Waals surface area contributed by atoms with Gasteiger partial charge in [0, 0.05) is 37.4 Å². The maximum atomic E-state index is 12.4. The summed E-state index contributed by atoms with van der Waals surface area (Å²) in [6.07, 6.45) is 8.59. The molecule has 1 amide bonds. The van der Waals surface area contributed by atoms with Gasteiger partial charge in [-0.25, -0.2) is 15.0 Å². The van der Waals surface area contributed by atoms with Crippen molar-refractivity contribution in [3.63, 3.8) is 0 Å². The minimum Gasteiger partial charge on any atom is -0.375 e. The molecular weight excluding hydrogens is 294 g/mol. The Hall–Kier alpha value is -2.28. The van der Waals surface area contributed by atoms with Crippen LogP contribution in [0, 0.1) is 6.92 Å². The summed E-state index contributed by atoms with van der Waals surface area (Å²) >= 11 is 0. The van der Waals surface area contributed by atoms with E-state index in [0.717, 1.165) is 24.4 Å². The van der Waals surface area contributed by atoms with Crippen molar-refractivity contribution in [2.45, 2.75) is 32.4 Å². The molecule has 1 saturated heterocycles. The van der Waals surface area contributed by atoms with Crippen molar-refractivity contribution in [2.24, 2.45) is 0 Å². The van der Waals surface area contributed by atoms with Crippen LogP contribution in [0.4, 0.5) is 0 Å². The summed E-state index contributed by atoms with van der Waals surface area (Å²) in [4.78, 5) is 26.6. The van der Waals surface area contributed by atoms with Crippen molar-refractivity contribution >= 4 is 5.91 Å². The number of hydrogen-bond donors (Lipinski definition) is 0. The molecule has 0 bridgehead atoms. The molecule has 2 aromatic heterocycles. The van der Waals surface area contributed by atoms with Gasteiger partial charge in [-0.15, -0.1) is 0 Å². The molecule has 23 heavy (non-hydrogen) atoms. The predicted octanol–water partition coefficient (Wildman–Crippen LogP) is 0.842. The largest absolute Gasteiger partial charge is 0.375 e. The Kier molecular flexibility index (Phi) is 4.97. The number of carbonyl (C=O) groups excluding carboxylic acids is 1. The van der Waals surface area contributed by atoms with Gasteiger partial charge in [0.15, 0.2) is 0 Å². The molecular formula is C16H21N5O2. The third-order valence-corrected chi connectivity index (χ3v) is 4.09. The monoisotopic (exact) mass is 315 g/mol. The molecule has 1 fully saturated rings. The maximum absolute atomic E-state index is 12.4. The lowest BCUT2D eigenvalue weighted by atomic mass is 10.1. The highest BCUT2D eigenvalue weighted by molar-refractivity contribution is 5.76. The number of aromatic nitrogens is 4. The number of nitrogens with zero attached hydrogens (tertiary/aromatic N) is 5. The fourth-order valence-corrected chi connectivity index (χ4v) is 2.71. The van der Waals surface area contributed by atoms with E-state index < -0.39 is 0 Å². The van der Waals surface area contributed by atoms with E-state index in [0.29, 0.717) is 26.2 Å². The zero-order valence-corrected chi connectivity index (χ0v) is 13.3. The lowest BCUT2D eigenvalue weighted by Gasteiger charge is -2.33. The molecule has 0 N–H and O–H groups in total. The fourth-order valence-electron chi connectivity index (χ4n) is 2.71. The first-order valence-corrected chi connectivity index (χ1v) is 7.84. The minimum absolute atomic E-state index is 0.0616. The predicted molar refractivity (Wildman–Crippen MR) is 83.6 cm³/mol. The van der Waals surface area contributed by atoms with Crippen LogP contribution in [0.2, 0.25) is 0 Å². The number of ether oxygens (including phenoxy) is 1. The zero-order valence-electron chi connectivity index (χ0n) is 13.3.